The van der Waals surface area contributed by atoms with E-state index < -0.39 is 0 Å². The minimum atomic E-state index is 0.343. The van der Waals surface area contributed by atoms with Gasteiger partial charge in [0.15, 0.2) is 0 Å². The lowest BCUT2D eigenvalue weighted by Crippen LogP contribution is -2.10. The van der Waals surface area contributed by atoms with Crippen molar-refractivity contribution in [2.45, 2.75) is 20.8 Å². The second-order valence-electron chi connectivity index (χ2n) is 4.63. The molecule has 0 saturated carbocycles. The van der Waals surface area contributed by atoms with E-state index in [1.54, 1.807) is 6.07 Å². The quantitative estimate of drug-likeness (QED) is 0.870. The van der Waals surface area contributed by atoms with Crippen molar-refractivity contribution in [3.63, 3.8) is 0 Å². The number of benzene rings is 1. The number of pyridine rings is 1. The summed E-state index contributed by atoms with van der Waals surface area (Å²) in [7, 11) is 0. The van der Waals surface area contributed by atoms with Crippen LogP contribution < -0.4 is 10.5 Å². The van der Waals surface area contributed by atoms with Gasteiger partial charge in [-0.1, -0.05) is 18.3 Å². The van der Waals surface area contributed by atoms with Crippen molar-refractivity contribution in [2.24, 2.45) is 5.73 Å². The molecule has 1 aromatic carbocycles. The van der Waals surface area contributed by atoms with E-state index in [0.29, 0.717) is 10.9 Å². The Bertz CT molecular complexity index is 618. The van der Waals surface area contributed by atoms with Crippen LogP contribution in [0.25, 0.3) is 0 Å². The predicted octanol–water partition coefficient (Wildman–Crippen LogP) is 3.43. The largest absolute Gasteiger partial charge is 0.439 e. The molecule has 0 aliphatic rings. The van der Waals surface area contributed by atoms with E-state index >= 15 is 0 Å². The van der Waals surface area contributed by atoms with E-state index in [4.69, 9.17) is 22.7 Å². The molecule has 0 unspecified atom stereocenters. The molecule has 2 N–H and O–H groups in total. The SMILES string of the molecule is Cc1cc(C)cc(Oc2cc(C(N)=S)cc(C)n2)c1. The van der Waals surface area contributed by atoms with E-state index in [1.165, 1.54) is 0 Å². The Labute approximate surface area is 118 Å². The molecule has 1 heterocycles. The van der Waals surface area contributed by atoms with Crippen LogP contribution in [-0.2, 0) is 0 Å². The Morgan fingerprint density at radius 3 is 2.26 bits per heavy atom. The molecule has 4 heteroatoms. The van der Waals surface area contributed by atoms with Gasteiger partial charge in [-0.15, -0.1) is 0 Å². The van der Waals surface area contributed by atoms with Crippen molar-refractivity contribution >= 4 is 17.2 Å². The van der Waals surface area contributed by atoms with Crippen LogP contribution in [0.5, 0.6) is 11.6 Å². The summed E-state index contributed by atoms with van der Waals surface area (Å²) in [6.07, 6.45) is 0. The van der Waals surface area contributed by atoms with Crippen LogP contribution in [-0.4, -0.2) is 9.97 Å². The molecule has 0 amide bonds. The molecule has 0 radical (unpaired) electrons. The van der Waals surface area contributed by atoms with Crippen LogP contribution in [0.1, 0.15) is 22.4 Å². The summed E-state index contributed by atoms with van der Waals surface area (Å²) < 4.78 is 5.79. The Morgan fingerprint density at radius 2 is 1.68 bits per heavy atom. The average molecular weight is 272 g/mol. The molecule has 0 bridgehead atoms. The number of rotatable bonds is 3. The molecule has 0 fully saturated rings. The maximum absolute atomic E-state index is 5.79. The number of nitrogens with two attached hydrogens (primary N) is 1. The first-order valence-electron chi connectivity index (χ1n) is 5.99. The summed E-state index contributed by atoms with van der Waals surface area (Å²) in [5, 5.41) is 0. The van der Waals surface area contributed by atoms with Gasteiger partial charge in [-0.2, -0.15) is 0 Å². The topological polar surface area (TPSA) is 48.1 Å². The third kappa shape index (κ3) is 3.51. The summed E-state index contributed by atoms with van der Waals surface area (Å²) in [4.78, 5) is 4.68. The average Bonchev–Trinajstić information content (AvgIpc) is 2.26. The smallest absolute Gasteiger partial charge is 0.220 e. The predicted molar refractivity (Wildman–Crippen MR) is 80.9 cm³/mol. The summed E-state index contributed by atoms with van der Waals surface area (Å²) in [5.74, 6) is 1.28. The van der Waals surface area contributed by atoms with Gasteiger partial charge in [-0.25, -0.2) is 4.98 Å². The van der Waals surface area contributed by atoms with Gasteiger partial charge in [0.1, 0.15) is 10.7 Å². The van der Waals surface area contributed by atoms with Gasteiger partial charge in [0, 0.05) is 17.3 Å². The number of nitrogens with zero attached hydrogens (tertiary/aromatic N) is 1. The standard InChI is InChI=1S/C15H16N2OS/c1-9-4-10(2)6-13(5-9)18-14-8-12(15(16)19)7-11(3)17-14/h4-8H,1-3H3,(H2,16,19). The first-order valence-corrected chi connectivity index (χ1v) is 6.39. The molecule has 0 atom stereocenters. The highest BCUT2D eigenvalue weighted by Crippen LogP contribution is 2.23. The van der Waals surface area contributed by atoms with Gasteiger partial charge in [-0.3, -0.25) is 0 Å². The number of aromatic nitrogens is 1. The van der Waals surface area contributed by atoms with Crippen molar-refractivity contribution in [1.82, 2.24) is 4.98 Å². The van der Waals surface area contributed by atoms with Crippen LogP contribution in [0.2, 0.25) is 0 Å². The second kappa shape index (κ2) is 5.36. The minimum Gasteiger partial charge on any atom is -0.439 e. The number of aryl methyl sites for hydroxylation is 3. The zero-order valence-electron chi connectivity index (χ0n) is 11.2. The lowest BCUT2D eigenvalue weighted by atomic mass is 10.1. The van der Waals surface area contributed by atoms with Gasteiger partial charge < -0.3 is 10.5 Å². The van der Waals surface area contributed by atoms with Crippen molar-refractivity contribution in [3.8, 4) is 11.6 Å². The van der Waals surface area contributed by atoms with Crippen LogP contribution >= 0.6 is 12.2 Å². The van der Waals surface area contributed by atoms with Crippen molar-refractivity contribution < 1.29 is 4.74 Å². The molecule has 3 nitrogen and oxygen atoms in total. The monoisotopic (exact) mass is 272 g/mol. The van der Waals surface area contributed by atoms with E-state index in [9.17, 15) is 0 Å². The molecular weight excluding hydrogens is 256 g/mol. The Hall–Kier alpha value is -1.94. The lowest BCUT2D eigenvalue weighted by Gasteiger charge is -2.09. The fourth-order valence-corrected chi connectivity index (χ4v) is 2.06. The summed E-state index contributed by atoms with van der Waals surface area (Å²) in [6, 6.07) is 9.63. The van der Waals surface area contributed by atoms with E-state index in [-0.39, 0.29) is 0 Å². The zero-order chi connectivity index (χ0) is 14.0. The molecule has 0 spiro atoms. The highest BCUT2D eigenvalue weighted by Gasteiger charge is 2.05. The van der Waals surface area contributed by atoms with Crippen LogP contribution in [0.4, 0.5) is 0 Å². The van der Waals surface area contributed by atoms with Crippen LogP contribution in [0.15, 0.2) is 30.3 Å². The minimum absolute atomic E-state index is 0.343. The Morgan fingerprint density at radius 1 is 1.05 bits per heavy atom. The fraction of sp³-hybridized carbons (Fsp3) is 0.200. The van der Waals surface area contributed by atoms with Crippen molar-refractivity contribution in [1.29, 1.82) is 0 Å². The molecule has 2 rings (SSSR count). The highest BCUT2D eigenvalue weighted by molar-refractivity contribution is 7.80. The van der Waals surface area contributed by atoms with E-state index in [0.717, 1.165) is 28.1 Å². The van der Waals surface area contributed by atoms with Crippen molar-refractivity contribution in [3.05, 3.63) is 52.7 Å². The first-order chi connectivity index (χ1) is 8.94. The summed E-state index contributed by atoms with van der Waals surface area (Å²) >= 11 is 4.98. The number of thiocarbonyl (C=S) groups is 1. The highest BCUT2D eigenvalue weighted by atomic mass is 32.1. The maximum atomic E-state index is 5.79. The molecule has 98 valence electrons. The molecular formula is C15H16N2OS. The Kier molecular flexibility index (Phi) is 3.81. The van der Waals surface area contributed by atoms with Crippen LogP contribution in [0, 0.1) is 20.8 Å². The van der Waals surface area contributed by atoms with Gasteiger partial charge in [0.05, 0.1) is 0 Å². The van der Waals surface area contributed by atoms with Gasteiger partial charge >= 0.3 is 0 Å². The number of hydrogen-bond acceptors (Lipinski definition) is 3. The fourth-order valence-electron chi connectivity index (χ4n) is 1.95. The zero-order valence-corrected chi connectivity index (χ0v) is 12.0. The van der Waals surface area contributed by atoms with Crippen molar-refractivity contribution in [2.75, 3.05) is 0 Å². The third-order valence-corrected chi connectivity index (χ3v) is 2.87. The van der Waals surface area contributed by atoms with E-state index in [1.807, 2.05) is 39.0 Å². The molecule has 0 aliphatic carbocycles. The summed E-state index contributed by atoms with van der Waals surface area (Å²) in [5.41, 5.74) is 9.53. The molecule has 0 aliphatic heterocycles. The third-order valence-electron chi connectivity index (χ3n) is 2.63. The molecule has 1 aromatic heterocycles. The molecule has 0 saturated heterocycles. The van der Waals surface area contributed by atoms with Gasteiger partial charge in [0.2, 0.25) is 5.88 Å². The number of ether oxygens (including phenoxy) is 1. The molecule has 19 heavy (non-hydrogen) atoms. The van der Waals surface area contributed by atoms with Gasteiger partial charge in [0.25, 0.3) is 0 Å². The van der Waals surface area contributed by atoms with E-state index in [2.05, 4.69) is 11.1 Å². The normalized spacial score (nSPS) is 10.3. The summed E-state index contributed by atoms with van der Waals surface area (Å²) in [6.45, 7) is 5.95. The second-order valence-corrected chi connectivity index (χ2v) is 5.06. The molecule has 2 aromatic rings. The maximum Gasteiger partial charge on any atom is 0.220 e. The van der Waals surface area contributed by atoms with Crippen LogP contribution in [0.3, 0.4) is 0 Å². The Balaban J connectivity index is 2.35. The first kappa shape index (κ1) is 13.5. The number of hydrogen-bond donors (Lipinski definition) is 1. The van der Waals surface area contributed by atoms with Gasteiger partial charge in [-0.05, 0) is 50.1 Å². The lowest BCUT2D eigenvalue weighted by molar-refractivity contribution is 0.461.